The highest BCUT2D eigenvalue weighted by Gasteiger charge is 2.64. The molecule has 0 bridgehead atoms. The summed E-state index contributed by atoms with van der Waals surface area (Å²) in [5.74, 6) is 0. The van der Waals surface area contributed by atoms with E-state index < -0.39 is 46.6 Å². The number of rotatable bonds is 7. The number of nitrogens with zero attached hydrogens (tertiary/aromatic N) is 1. The third-order valence-corrected chi connectivity index (χ3v) is 6.04. The van der Waals surface area contributed by atoms with Crippen molar-refractivity contribution < 1.29 is 36.3 Å². The zero-order chi connectivity index (χ0) is 23.5. The predicted octanol–water partition coefficient (Wildman–Crippen LogP) is 2.30. The van der Waals surface area contributed by atoms with E-state index in [9.17, 15) is 13.7 Å². The van der Waals surface area contributed by atoms with Gasteiger partial charge in [-0.15, -0.1) is 0 Å². The molecule has 9 nitrogen and oxygen atoms in total. The summed E-state index contributed by atoms with van der Waals surface area (Å²) in [6.07, 6.45) is -4.27. The maximum Gasteiger partial charge on any atom is 0.266 e. The van der Waals surface area contributed by atoms with Gasteiger partial charge in [0.05, 0.1) is 19.5 Å². The number of hydrogen-bond donors (Lipinski definition) is 0. The van der Waals surface area contributed by atoms with Crippen molar-refractivity contribution >= 4 is 10.1 Å². The average molecular weight is 476 g/mol. The van der Waals surface area contributed by atoms with Crippen molar-refractivity contribution in [3.8, 4) is 6.07 Å². The smallest absolute Gasteiger partial charge is 0.266 e. The van der Waals surface area contributed by atoms with Crippen molar-refractivity contribution in [1.29, 1.82) is 5.26 Å². The van der Waals surface area contributed by atoms with E-state index in [0.29, 0.717) is 5.56 Å². The van der Waals surface area contributed by atoms with Gasteiger partial charge in [0.15, 0.2) is 18.7 Å². The van der Waals surface area contributed by atoms with Crippen LogP contribution in [0.2, 0.25) is 0 Å². The van der Waals surface area contributed by atoms with Crippen LogP contribution in [-0.2, 0) is 44.6 Å². The van der Waals surface area contributed by atoms with E-state index in [2.05, 4.69) is 0 Å². The molecule has 2 aliphatic heterocycles. The van der Waals surface area contributed by atoms with Crippen LogP contribution < -0.4 is 0 Å². The molecule has 0 N–H and O–H groups in total. The second-order valence-electron chi connectivity index (χ2n) is 7.82. The zero-order valence-electron chi connectivity index (χ0n) is 18.2. The van der Waals surface area contributed by atoms with Gasteiger partial charge in [0.2, 0.25) is 5.60 Å². The first-order valence-electron chi connectivity index (χ1n) is 10.3. The molecule has 0 amide bonds. The fraction of sp³-hybridized carbons (Fsp3) is 0.435. The minimum Gasteiger partial charge on any atom is -0.364 e. The van der Waals surface area contributed by atoms with Crippen LogP contribution in [0.1, 0.15) is 17.4 Å². The third kappa shape index (κ3) is 5.10. The molecule has 33 heavy (non-hydrogen) atoms. The topological polar surface area (TPSA) is 113 Å². The highest BCUT2D eigenvalue weighted by Crippen LogP contribution is 2.43. The summed E-state index contributed by atoms with van der Waals surface area (Å²) in [4.78, 5) is 0. The van der Waals surface area contributed by atoms with Crippen LogP contribution in [0.25, 0.3) is 0 Å². The fourth-order valence-corrected chi connectivity index (χ4v) is 4.77. The van der Waals surface area contributed by atoms with Crippen molar-refractivity contribution in [2.75, 3.05) is 20.0 Å². The Morgan fingerprint density at radius 1 is 1.09 bits per heavy atom. The van der Waals surface area contributed by atoms with Gasteiger partial charge in [0, 0.05) is 12.7 Å². The van der Waals surface area contributed by atoms with E-state index in [4.69, 9.17) is 27.9 Å². The Hall–Kier alpha value is -2.36. The van der Waals surface area contributed by atoms with Gasteiger partial charge in [0.1, 0.15) is 18.3 Å². The molecule has 0 radical (unpaired) electrons. The van der Waals surface area contributed by atoms with E-state index in [1.54, 1.807) is 0 Å². The van der Waals surface area contributed by atoms with Crippen LogP contribution in [0.3, 0.4) is 0 Å². The number of benzene rings is 2. The normalized spacial score (nSPS) is 32.0. The minimum absolute atomic E-state index is 0.0338. The van der Waals surface area contributed by atoms with Gasteiger partial charge in [-0.1, -0.05) is 60.7 Å². The van der Waals surface area contributed by atoms with E-state index in [-0.39, 0.29) is 13.2 Å². The lowest BCUT2D eigenvalue weighted by molar-refractivity contribution is -0.374. The van der Waals surface area contributed by atoms with Crippen molar-refractivity contribution in [3.63, 3.8) is 0 Å². The number of nitriles is 1. The molecule has 0 aliphatic carbocycles. The van der Waals surface area contributed by atoms with Crippen LogP contribution >= 0.6 is 0 Å². The Balaban J connectivity index is 1.71. The summed E-state index contributed by atoms with van der Waals surface area (Å²) in [5, 5.41) is 10.3. The quantitative estimate of drug-likeness (QED) is 0.557. The lowest BCUT2D eigenvalue weighted by atomic mass is 9.84. The van der Waals surface area contributed by atoms with Gasteiger partial charge in [0.25, 0.3) is 10.1 Å². The van der Waals surface area contributed by atoms with Crippen LogP contribution in [0.15, 0.2) is 60.7 Å². The van der Waals surface area contributed by atoms with Gasteiger partial charge in [-0.2, -0.15) is 13.7 Å². The monoisotopic (exact) mass is 475 g/mol. The maximum atomic E-state index is 12.3. The number of ether oxygens (including phenoxy) is 5. The standard InChI is InChI=1S/C23H25NO8S/c1-27-22-20(28-13-16-9-5-3-6-10-16)23(15-24,32-33(2,25)26)19-18(30-22)14-29-21(31-19)17-11-7-4-8-12-17/h3-12,18-22H,13-14H2,1-2H3/t18-,19+,20+,21+,22+,23?/m1/s1. The molecule has 2 aromatic carbocycles. The molecule has 0 spiro atoms. The second-order valence-corrected chi connectivity index (χ2v) is 9.40. The van der Waals surface area contributed by atoms with Crippen molar-refractivity contribution in [3.05, 3.63) is 71.8 Å². The molecule has 2 aliphatic rings. The maximum absolute atomic E-state index is 12.3. The van der Waals surface area contributed by atoms with Crippen molar-refractivity contribution in [1.82, 2.24) is 0 Å². The summed E-state index contributed by atoms with van der Waals surface area (Å²) < 4.78 is 59.4. The molecular formula is C23H25NO8S. The van der Waals surface area contributed by atoms with Crippen LogP contribution in [0.4, 0.5) is 0 Å². The lowest BCUT2D eigenvalue weighted by Crippen LogP contribution is -2.71. The van der Waals surface area contributed by atoms with Gasteiger partial charge >= 0.3 is 0 Å². The van der Waals surface area contributed by atoms with Crippen LogP contribution in [-0.4, -0.2) is 58.6 Å². The first-order valence-corrected chi connectivity index (χ1v) is 12.2. The van der Waals surface area contributed by atoms with E-state index >= 15 is 0 Å². The Labute approximate surface area is 192 Å². The first kappa shape index (κ1) is 23.8. The summed E-state index contributed by atoms with van der Waals surface area (Å²) >= 11 is 0. The molecule has 1 unspecified atom stereocenters. The summed E-state index contributed by atoms with van der Waals surface area (Å²) in [6.45, 7) is 0.104. The number of methoxy groups -OCH3 is 1. The summed E-state index contributed by atoms with van der Waals surface area (Å²) in [6, 6.07) is 20.4. The van der Waals surface area contributed by atoms with E-state index in [1.807, 2.05) is 66.7 Å². The lowest BCUT2D eigenvalue weighted by Gasteiger charge is -2.51. The average Bonchev–Trinajstić information content (AvgIpc) is 2.83. The fourth-order valence-electron chi connectivity index (χ4n) is 4.04. The third-order valence-electron chi connectivity index (χ3n) is 5.46. The summed E-state index contributed by atoms with van der Waals surface area (Å²) in [5.41, 5.74) is -0.559. The van der Waals surface area contributed by atoms with E-state index in [1.165, 1.54) is 7.11 Å². The van der Waals surface area contributed by atoms with Crippen molar-refractivity contribution in [2.24, 2.45) is 0 Å². The molecule has 4 rings (SSSR count). The number of hydrogen-bond acceptors (Lipinski definition) is 9. The molecule has 2 aromatic rings. The van der Waals surface area contributed by atoms with Crippen molar-refractivity contribution in [2.45, 2.75) is 43.1 Å². The summed E-state index contributed by atoms with van der Waals surface area (Å²) in [7, 11) is -2.73. The molecule has 2 heterocycles. The SMILES string of the molecule is CO[C@H]1O[C@@H]2CO[C@H](c3ccccc3)O[C@@H]2C(C#N)(OS(C)(=O)=O)[C@H]1OCc1ccccc1. The number of fused-ring (bicyclic) bond motifs is 1. The van der Waals surface area contributed by atoms with Gasteiger partial charge in [-0.25, -0.2) is 4.18 Å². The van der Waals surface area contributed by atoms with Crippen LogP contribution in [0.5, 0.6) is 0 Å². The Kier molecular flexibility index (Phi) is 7.11. The Morgan fingerprint density at radius 3 is 2.36 bits per heavy atom. The highest BCUT2D eigenvalue weighted by molar-refractivity contribution is 7.86. The Morgan fingerprint density at radius 2 is 1.76 bits per heavy atom. The molecule has 6 atom stereocenters. The van der Waals surface area contributed by atoms with Gasteiger partial charge in [-0.3, -0.25) is 0 Å². The molecule has 10 heteroatoms. The molecule has 0 aromatic heterocycles. The molecule has 2 fully saturated rings. The second kappa shape index (κ2) is 9.87. The van der Waals surface area contributed by atoms with Gasteiger partial charge in [-0.05, 0) is 5.56 Å². The molecule has 2 saturated heterocycles. The zero-order valence-corrected chi connectivity index (χ0v) is 19.0. The Bertz CT molecular complexity index is 1070. The largest absolute Gasteiger partial charge is 0.364 e. The molecule has 0 saturated carbocycles. The highest BCUT2D eigenvalue weighted by atomic mass is 32.2. The predicted molar refractivity (Wildman–Crippen MR) is 115 cm³/mol. The van der Waals surface area contributed by atoms with E-state index in [0.717, 1.165) is 11.8 Å². The molecule has 176 valence electrons. The van der Waals surface area contributed by atoms with Gasteiger partial charge < -0.3 is 23.7 Å². The first-order chi connectivity index (χ1) is 15.9. The van der Waals surface area contributed by atoms with Crippen LogP contribution in [0, 0.1) is 11.3 Å². The minimum atomic E-state index is -4.11. The molecular weight excluding hydrogens is 450 g/mol.